The first-order valence-corrected chi connectivity index (χ1v) is 5.51. The largest absolute Gasteiger partial charge is 0.457 e. The summed E-state index contributed by atoms with van der Waals surface area (Å²) in [4.78, 5) is 0. The van der Waals surface area contributed by atoms with E-state index in [1.165, 1.54) is 0 Å². The SMILES string of the molecule is Cc1cc(Oc2ccc(C#N)cc2)ccc1Cl. The molecule has 2 rings (SSSR count). The highest BCUT2D eigenvalue weighted by molar-refractivity contribution is 6.31. The van der Waals surface area contributed by atoms with Crippen LogP contribution in [0.5, 0.6) is 11.5 Å². The summed E-state index contributed by atoms with van der Waals surface area (Å²) < 4.78 is 5.65. The van der Waals surface area contributed by atoms with E-state index >= 15 is 0 Å². The summed E-state index contributed by atoms with van der Waals surface area (Å²) in [6, 6.07) is 14.5. The standard InChI is InChI=1S/C14H10ClNO/c1-10-8-13(6-7-14(10)15)17-12-4-2-11(9-16)3-5-12/h2-8H,1H3. The van der Waals surface area contributed by atoms with Gasteiger partial charge in [0.1, 0.15) is 11.5 Å². The topological polar surface area (TPSA) is 33.0 Å². The maximum Gasteiger partial charge on any atom is 0.127 e. The molecule has 0 fully saturated rings. The summed E-state index contributed by atoms with van der Waals surface area (Å²) in [5, 5.41) is 9.40. The van der Waals surface area contributed by atoms with E-state index in [1.807, 2.05) is 19.1 Å². The van der Waals surface area contributed by atoms with Crippen molar-refractivity contribution in [3.63, 3.8) is 0 Å². The molecule has 0 aliphatic heterocycles. The third-order valence-electron chi connectivity index (χ3n) is 2.35. The Labute approximate surface area is 105 Å². The highest BCUT2D eigenvalue weighted by Gasteiger charge is 2.00. The predicted octanol–water partition coefficient (Wildman–Crippen LogP) is 4.31. The van der Waals surface area contributed by atoms with E-state index in [-0.39, 0.29) is 0 Å². The van der Waals surface area contributed by atoms with Crippen molar-refractivity contribution in [2.45, 2.75) is 6.92 Å². The van der Waals surface area contributed by atoms with Crippen LogP contribution < -0.4 is 4.74 Å². The van der Waals surface area contributed by atoms with Crippen molar-refractivity contribution >= 4 is 11.6 Å². The molecule has 0 amide bonds. The summed E-state index contributed by atoms with van der Waals surface area (Å²) in [6.07, 6.45) is 0. The van der Waals surface area contributed by atoms with Crippen molar-refractivity contribution in [3.05, 3.63) is 58.6 Å². The highest BCUT2D eigenvalue weighted by atomic mass is 35.5. The van der Waals surface area contributed by atoms with Crippen LogP contribution in [0, 0.1) is 18.3 Å². The molecule has 0 bridgehead atoms. The number of hydrogen-bond acceptors (Lipinski definition) is 2. The van der Waals surface area contributed by atoms with Crippen LogP contribution in [0.4, 0.5) is 0 Å². The van der Waals surface area contributed by atoms with Gasteiger partial charge in [-0.05, 0) is 55.0 Å². The van der Waals surface area contributed by atoms with E-state index in [0.29, 0.717) is 11.3 Å². The van der Waals surface area contributed by atoms with Crippen molar-refractivity contribution in [1.29, 1.82) is 5.26 Å². The van der Waals surface area contributed by atoms with Crippen LogP contribution in [-0.4, -0.2) is 0 Å². The molecule has 17 heavy (non-hydrogen) atoms. The number of ether oxygens (including phenoxy) is 1. The molecule has 0 saturated heterocycles. The highest BCUT2D eigenvalue weighted by Crippen LogP contribution is 2.25. The molecule has 2 aromatic rings. The Bertz CT molecular complexity index is 570. The Morgan fingerprint density at radius 3 is 2.29 bits per heavy atom. The molecule has 0 aliphatic rings. The van der Waals surface area contributed by atoms with E-state index in [9.17, 15) is 0 Å². The van der Waals surface area contributed by atoms with E-state index in [4.69, 9.17) is 21.6 Å². The van der Waals surface area contributed by atoms with E-state index in [1.54, 1.807) is 30.3 Å². The molecular formula is C14H10ClNO. The van der Waals surface area contributed by atoms with Crippen molar-refractivity contribution in [2.75, 3.05) is 0 Å². The van der Waals surface area contributed by atoms with Gasteiger partial charge >= 0.3 is 0 Å². The van der Waals surface area contributed by atoms with Crippen molar-refractivity contribution in [1.82, 2.24) is 0 Å². The third kappa shape index (κ3) is 2.77. The Kier molecular flexibility index (Phi) is 3.32. The first-order chi connectivity index (χ1) is 8.19. The fourth-order valence-electron chi connectivity index (χ4n) is 1.41. The maximum absolute atomic E-state index is 8.68. The lowest BCUT2D eigenvalue weighted by Crippen LogP contribution is -1.85. The van der Waals surface area contributed by atoms with Crippen LogP contribution in [0.15, 0.2) is 42.5 Å². The molecule has 0 spiro atoms. The van der Waals surface area contributed by atoms with Crippen LogP contribution in [0.25, 0.3) is 0 Å². The molecule has 2 nitrogen and oxygen atoms in total. The third-order valence-corrected chi connectivity index (χ3v) is 2.77. The molecule has 0 aliphatic carbocycles. The Morgan fingerprint density at radius 1 is 1.06 bits per heavy atom. The smallest absolute Gasteiger partial charge is 0.127 e. The van der Waals surface area contributed by atoms with Gasteiger partial charge in [-0.3, -0.25) is 0 Å². The summed E-state index contributed by atoms with van der Waals surface area (Å²) in [6.45, 7) is 1.92. The second-order valence-electron chi connectivity index (χ2n) is 3.65. The van der Waals surface area contributed by atoms with Crippen molar-refractivity contribution in [3.8, 4) is 17.6 Å². The van der Waals surface area contributed by atoms with Crippen LogP contribution >= 0.6 is 11.6 Å². The molecule has 2 aromatic carbocycles. The molecule has 0 saturated carbocycles. The van der Waals surface area contributed by atoms with Crippen LogP contribution in [0.3, 0.4) is 0 Å². The summed E-state index contributed by atoms with van der Waals surface area (Å²) >= 11 is 5.93. The number of rotatable bonds is 2. The lowest BCUT2D eigenvalue weighted by atomic mass is 10.2. The zero-order valence-electron chi connectivity index (χ0n) is 9.27. The second kappa shape index (κ2) is 4.90. The molecule has 0 unspecified atom stereocenters. The summed E-state index contributed by atoms with van der Waals surface area (Å²) in [5.74, 6) is 1.43. The van der Waals surface area contributed by atoms with Crippen molar-refractivity contribution < 1.29 is 4.74 Å². The fraction of sp³-hybridized carbons (Fsp3) is 0.0714. The minimum atomic E-state index is 0.615. The molecular weight excluding hydrogens is 234 g/mol. The molecule has 0 aromatic heterocycles. The van der Waals surface area contributed by atoms with E-state index < -0.39 is 0 Å². The molecule has 0 radical (unpaired) electrons. The monoisotopic (exact) mass is 243 g/mol. The number of aryl methyl sites for hydroxylation is 1. The number of nitriles is 1. The van der Waals surface area contributed by atoms with Gasteiger partial charge in [-0.25, -0.2) is 0 Å². The van der Waals surface area contributed by atoms with Gasteiger partial charge in [0.05, 0.1) is 11.6 Å². The normalized spacial score (nSPS) is 9.71. The Balaban J connectivity index is 2.20. The number of benzene rings is 2. The Morgan fingerprint density at radius 2 is 1.71 bits per heavy atom. The van der Waals surface area contributed by atoms with E-state index in [2.05, 4.69) is 6.07 Å². The van der Waals surface area contributed by atoms with Gasteiger partial charge in [0.2, 0.25) is 0 Å². The molecule has 0 N–H and O–H groups in total. The number of nitrogens with zero attached hydrogens (tertiary/aromatic N) is 1. The van der Waals surface area contributed by atoms with Crippen LogP contribution in [-0.2, 0) is 0 Å². The minimum absolute atomic E-state index is 0.615. The first-order valence-electron chi connectivity index (χ1n) is 5.13. The van der Waals surface area contributed by atoms with Gasteiger partial charge < -0.3 is 4.74 Å². The summed E-state index contributed by atoms with van der Waals surface area (Å²) in [7, 11) is 0. The minimum Gasteiger partial charge on any atom is -0.457 e. The lowest BCUT2D eigenvalue weighted by molar-refractivity contribution is 0.482. The van der Waals surface area contributed by atoms with Gasteiger partial charge in [-0.1, -0.05) is 11.6 Å². The fourth-order valence-corrected chi connectivity index (χ4v) is 1.53. The Hall–Kier alpha value is -1.98. The quantitative estimate of drug-likeness (QED) is 0.787. The van der Waals surface area contributed by atoms with Crippen molar-refractivity contribution in [2.24, 2.45) is 0 Å². The first kappa shape index (κ1) is 11.5. The van der Waals surface area contributed by atoms with Gasteiger partial charge in [0, 0.05) is 5.02 Å². The molecule has 84 valence electrons. The van der Waals surface area contributed by atoms with Gasteiger partial charge in [-0.2, -0.15) is 5.26 Å². The molecule has 0 atom stereocenters. The molecule has 0 heterocycles. The van der Waals surface area contributed by atoms with Gasteiger partial charge in [-0.15, -0.1) is 0 Å². The predicted molar refractivity (Wildman–Crippen MR) is 67.4 cm³/mol. The average molecular weight is 244 g/mol. The van der Waals surface area contributed by atoms with E-state index in [0.717, 1.165) is 16.3 Å². The average Bonchev–Trinajstić information content (AvgIpc) is 2.35. The van der Waals surface area contributed by atoms with Crippen LogP contribution in [0.1, 0.15) is 11.1 Å². The summed E-state index contributed by atoms with van der Waals surface area (Å²) in [5.41, 5.74) is 1.59. The van der Waals surface area contributed by atoms with Gasteiger partial charge in [0.15, 0.2) is 0 Å². The van der Waals surface area contributed by atoms with Gasteiger partial charge in [0.25, 0.3) is 0 Å². The molecule has 3 heteroatoms. The number of halogens is 1. The van der Waals surface area contributed by atoms with Crippen LogP contribution in [0.2, 0.25) is 5.02 Å². The maximum atomic E-state index is 8.68. The second-order valence-corrected chi connectivity index (χ2v) is 4.06. The zero-order chi connectivity index (χ0) is 12.3. The zero-order valence-corrected chi connectivity index (χ0v) is 10.0. The number of hydrogen-bond donors (Lipinski definition) is 0. The lowest BCUT2D eigenvalue weighted by Gasteiger charge is -2.07.